The Morgan fingerprint density at radius 2 is 1.68 bits per heavy atom. The van der Waals surface area contributed by atoms with Gasteiger partial charge >= 0.3 is 12.4 Å². The van der Waals surface area contributed by atoms with Crippen LogP contribution in [0.5, 0.6) is 0 Å². The molecular formula is C12H19F6N. The molecule has 114 valence electrons. The molecule has 0 spiro atoms. The molecule has 1 heterocycles. The smallest absolute Gasteiger partial charge is 0.303 e. The maximum absolute atomic E-state index is 12.4. The van der Waals surface area contributed by atoms with E-state index in [1.54, 1.807) is 4.90 Å². The van der Waals surface area contributed by atoms with Crippen molar-refractivity contribution < 1.29 is 26.3 Å². The summed E-state index contributed by atoms with van der Waals surface area (Å²) in [5.41, 5.74) is 0. The second-order valence-electron chi connectivity index (χ2n) is 5.14. The maximum atomic E-state index is 12.4. The van der Waals surface area contributed by atoms with Crippen molar-refractivity contribution in [3.63, 3.8) is 0 Å². The van der Waals surface area contributed by atoms with Crippen molar-refractivity contribution in [2.45, 2.75) is 45.0 Å². The molecule has 1 saturated heterocycles. The van der Waals surface area contributed by atoms with Crippen LogP contribution < -0.4 is 0 Å². The summed E-state index contributed by atoms with van der Waals surface area (Å²) in [4.78, 5) is 1.72. The lowest BCUT2D eigenvalue weighted by atomic mass is 9.95. The van der Waals surface area contributed by atoms with Gasteiger partial charge in [-0.3, -0.25) is 0 Å². The highest BCUT2D eigenvalue weighted by Crippen LogP contribution is 2.41. The van der Waals surface area contributed by atoms with Crippen molar-refractivity contribution in [3.8, 4) is 0 Å². The first-order valence-corrected chi connectivity index (χ1v) is 6.50. The van der Waals surface area contributed by atoms with Gasteiger partial charge < -0.3 is 4.90 Å². The number of alkyl halides is 6. The first kappa shape index (κ1) is 16.6. The van der Waals surface area contributed by atoms with Gasteiger partial charge in [0.15, 0.2) is 5.92 Å². The molecule has 7 heteroatoms. The molecule has 1 aliphatic rings. The molecule has 0 amide bonds. The van der Waals surface area contributed by atoms with Crippen LogP contribution in [0.25, 0.3) is 0 Å². The third-order valence-corrected chi connectivity index (χ3v) is 3.70. The highest BCUT2D eigenvalue weighted by molar-refractivity contribution is 4.79. The lowest BCUT2D eigenvalue weighted by molar-refractivity contribution is -0.286. The number of hydrogen-bond acceptors (Lipinski definition) is 1. The van der Waals surface area contributed by atoms with Crippen molar-refractivity contribution in [2.75, 3.05) is 19.6 Å². The van der Waals surface area contributed by atoms with Crippen LogP contribution in [0, 0.1) is 11.8 Å². The lowest BCUT2D eigenvalue weighted by Crippen LogP contribution is -2.41. The Balaban J connectivity index is 2.53. The summed E-state index contributed by atoms with van der Waals surface area (Å²) in [6.07, 6.45) is -8.55. The van der Waals surface area contributed by atoms with E-state index in [0.29, 0.717) is 19.0 Å². The minimum absolute atomic E-state index is 0.139. The first-order chi connectivity index (χ1) is 8.64. The lowest BCUT2D eigenvalue weighted by Gasteiger charge is -2.33. The second kappa shape index (κ2) is 6.33. The Kier molecular flexibility index (Phi) is 5.53. The summed E-state index contributed by atoms with van der Waals surface area (Å²) >= 11 is 0. The number of likely N-dealkylation sites (tertiary alicyclic amines) is 1. The van der Waals surface area contributed by atoms with Crippen molar-refractivity contribution >= 4 is 0 Å². The predicted molar refractivity (Wildman–Crippen MR) is 59.7 cm³/mol. The van der Waals surface area contributed by atoms with Crippen molar-refractivity contribution in [3.05, 3.63) is 0 Å². The highest BCUT2D eigenvalue weighted by Gasteiger charge is 2.56. The van der Waals surface area contributed by atoms with Gasteiger partial charge in [-0.1, -0.05) is 13.3 Å². The third-order valence-electron chi connectivity index (χ3n) is 3.70. The number of piperidine rings is 1. The largest absolute Gasteiger partial charge is 0.400 e. The zero-order valence-corrected chi connectivity index (χ0v) is 10.8. The molecule has 0 saturated carbocycles. The van der Waals surface area contributed by atoms with E-state index in [0.717, 1.165) is 19.3 Å². The van der Waals surface area contributed by atoms with Crippen LogP contribution >= 0.6 is 0 Å². The van der Waals surface area contributed by atoms with Gasteiger partial charge in [0.2, 0.25) is 0 Å². The average Bonchev–Trinajstić information content (AvgIpc) is 2.26. The molecule has 0 aromatic carbocycles. The van der Waals surface area contributed by atoms with Crippen LogP contribution in [0.2, 0.25) is 0 Å². The summed E-state index contributed by atoms with van der Waals surface area (Å²) in [5.74, 6) is -2.81. The SMILES string of the molecule is CC[C@H]1CCCN(CCC(C(F)(F)F)C(F)(F)F)C1. The number of nitrogens with zero attached hydrogens (tertiary/aromatic N) is 1. The van der Waals surface area contributed by atoms with Gasteiger partial charge in [0, 0.05) is 6.54 Å². The molecule has 0 radical (unpaired) electrons. The molecule has 0 aromatic rings. The van der Waals surface area contributed by atoms with E-state index in [9.17, 15) is 26.3 Å². The van der Waals surface area contributed by atoms with Gasteiger partial charge in [0.25, 0.3) is 0 Å². The van der Waals surface area contributed by atoms with Crippen LogP contribution in [0.3, 0.4) is 0 Å². The Bertz CT molecular complexity index is 258. The van der Waals surface area contributed by atoms with Gasteiger partial charge in [-0.25, -0.2) is 0 Å². The minimum Gasteiger partial charge on any atom is -0.303 e. The van der Waals surface area contributed by atoms with Gasteiger partial charge in [0.1, 0.15) is 0 Å². The topological polar surface area (TPSA) is 3.24 Å². The van der Waals surface area contributed by atoms with Gasteiger partial charge in [-0.15, -0.1) is 0 Å². The molecule has 0 unspecified atom stereocenters. The van der Waals surface area contributed by atoms with Crippen LogP contribution in [-0.4, -0.2) is 36.9 Å². The maximum Gasteiger partial charge on any atom is 0.400 e. The van der Waals surface area contributed by atoms with E-state index in [2.05, 4.69) is 0 Å². The fourth-order valence-electron chi connectivity index (χ4n) is 2.51. The summed E-state index contributed by atoms with van der Waals surface area (Å²) in [5, 5.41) is 0. The Labute approximate surface area is 109 Å². The molecule has 0 bridgehead atoms. The molecule has 0 aliphatic carbocycles. The molecule has 1 fully saturated rings. The molecule has 1 atom stereocenters. The van der Waals surface area contributed by atoms with Crippen LogP contribution in [-0.2, 0) is 0 Å². The molecule has 1 rings (SSSR count). The van der Waals surface area contributed by atoms with Crippen LogP contribution in [0.15, 0.2) is 0 Å². The number of halogens is 6. The van der Waals surface area contributed by atoms with Crippen LogP contribution in [0.4, 0.5) is 26.3 Å². The Morgan fingerprint density at radius 3 is 2.16 bits per heavy atom. The molecule has 1 aliphatic heterocycles. The molecule has 19 heavy (non-hydrogen) atoms. The fraction of sp³-hybridized carbons (Fsp3) is 1.00. The highest BCUT2D eigenvalue weighted by atomic mass is 19.4. The number of rotatable bonds is 4. The molecule has 1 nitrogen and oxygen atoms in total. The Hall–Kier alpha value is -0.460. The monoisotopic (exact) mass is 291 g/mol. The molecule has 0 N–H and O–H groups in total. The van der Waals surface area contributed by atoms with Gasteiger partial charge in [-0.2, -0.15) is 26.3 Å². The van der Waals surface area contributed by atoms with E-state index >= 15 is 0 Å². The van der Waals surface area contributed by atoms with Crippen molar-refractivity contribution in [1.29, 1.82) is 0 Å². The van der Waals surface area contributed by atoms with E-state index in [-0.39, 0.29) is 6.54 Å². The quantitative estimate of drug-likeness (QED) is 0.700. The van der Waals surface area contributed by atoms with Crippen molar-refractivity contribution in [1.82, 2.24) is 4.90 Å². The van der Waals surface area contributed by atoms with E-state index in [4.69, 9.17) is 0 Å². The Morgan fingerprint density at radius 1 is 1.11 bits per heavy atom. The van der Waals surface area contributed by atoms with Gasteiger partial charge in [-0.05, 0) is 38.3 Å². The zero-order chi connectivity index (χ0) is 14.7. The van der Waals surface area contributed by atoms with E-state index < -0.39 is 24.7 Å². The fourth-order valence-corrected chi connectivity index (χ4v) is 2.51. The summed E-state index contributed by atoms with van der Waals surface area (Å²) in [6.45, 7) is 3.06. The van der Waals surface area contributed by atoms with E-state index in [1.165, 1.54) is 0 Å². The second-order valence-corrected chi connectivity index (χ2v) is 5.14. The summed E-state index contributed by atoms with van der Waals surface area (Å²) in [6, 6.07) is 0. The molecular weight excluding hydrogens is 272 g/mol. The first-order valence-electron chi connectivity index (χ1n) is 6.50. The average molecular weight is 291 g/mol. The standard InChI is InChI=1S/C12H19F6N/c1-2-9-4-3-6-19(8-9)7-5-10(11(13,14)15)12(16,17)18/h9-10H,2-8H2,1H3/t9-/m0/s1. The third kappa shape index (κ3) is 5.20. The van der Waals surface area contributed by atoms with E-state index in [1.807, 2.05) is 6.92 Å². The normalized spacial score (nSPS) is 23.1. The predicted octanol–water partition coefficient (Wildman–Crippen LogP) is 4.24. The minimum atomic E-state index is -5.21. The summed E-state index contributed by atoms with van der Waals surface area (Å²) in [7, 11) is 0. The number of hydrogen-bond donors (Lipinski definition) is 0. The summed E-state index contributed by atoms with van der Waals surface area (Å²) < 4.78 is 74.2. The zero-order valence-electron chi connectivity index (χ0n) is 10.8. The molecule has 0 aromatic heterocycles. The van der Waals surface area contributed by atoms with Gasteiger partial charge in [0.05, 0.1) is 0 Å². The van der Waals surface area contributed by atoms with Crippen LogP contribution in [0.1, 0.15) is 32.6 Å². The van der Waals surface area contributed by atoms with Crippen molar-refractivity contribution in [2.24, 2.45) is 11.8 Å².